The highest BCUT2D eigenvalue weighted by atomic mass is 32.2. The van der Waals surface area contributed by atoms with Crippen molar-refractivity contribution in [3.63, 3.8) is 0 Å². The van der Waals surface area contributed by atoms with Gasteiger partial charge in [0, 0.05) is 28.7 Å². The van der Waals surface area contributed by atoms with Gasteiger partial charge in [0.05, 0.1) is 10.4 Å². The Morgan fingerprint density at radius 1 is 0.816 bits per heavy atom. The average molecular weight is 536 g/mol. The molecule has 0 atom stereocenters. The molecule has 8 nitrogen and oxygen atoms in total. The number of sulfonamides is 1. The molecule has 1 aromatic heterocycles. The number of hydrogen-bond acceptors (Lipinski definition) is 7. The number of para-hydroxylation sites is 2. The lowest BCUT2D eigenvalue weighted by Crippen LogP contribution is -2.32. The first-order valence-electron chi connectivity index (χ1n) is 12.7. The Hall–Kier alpha value is -3.76. The number of rotatable bonds is 10. The van der Waals surface area contributed by atoms with E-state index in [9.17, 15) is 12.9 Å². The molecule has 0 aliphatic heterocycles. The lowest BCUT2D eigenvalue weighted by molar-refractivity contribution is -0.00626. The SMILES string of the molecule is O=S(=O)(NCC1CCC(CNc2nc(Nc3ccccc3)c3ccccc3n2)CC1)c1ccc(OF)cc1. The lowest BCUT2D eigenvalue weighted by Gasteiger charge is -2.28. The van der Waals surface area contributed by atoms with Crippen molar-refractivity contribution in [2.45, 2.75) is 30.6 Å². The van der Waals surface area contributed by atoms with Gasteiger partial charge in [-0.25, -0.2) is 18.1 Å². The van der Waals surface area contributed by atoms with Crippen molar-refractivity contribution in [1.82, 2.24) is 14.7 Å². The second kappa shape index (κ2) is 11.7. The minimum atomic E-state index is -3.65. The normalized spacial score (nSPS) is 17.7. The highest BCUT2D eigenvalue weighted by Gasteiger charge is 2.23. The molecule has 1 fully saturated rings. The van der Waals surface area contributed by atoms with Crippen LogP contribution in [0.25, 0.3) is 10.9 Å². The first kappa shape index (κ1) is 25.9. The molecule has 5 rings (SSSR count). The quantitative estimate of drug-likeness (QED) is 0.235. The van der Waals surface area contributed by atoms with Crippen LogP contribution in [0.1, 0.15) is 25.7 Å². The zero-order valence-corrected chi connectivity index (χ0v) is 21.6. The highest BCUT2D eigenvalue weighted by Crippen LogP contribution is 2.30. The Bertz CT molecular complexity index is 1460. The summed E-state index contributed by atoms with van der Waals surface area (Å²) in [5.41, 5.74) is 1.83. The van der Waals surface area contributed by atoms with Crippen LogP contribution in [0.3, 0.4) is 0 Å². The number of nitrogens with one attached hydrogen (secondary N) is 3. The Morgan fingerprint density at radius 2 is 1.47 bits per heavy atom. The van der Waals surface area contributed by atoms with E-state index in [4.69, 9.17) is 9.97 Å². The average Bonchev–Trinajstić information content (AvgIpc) is 2.96. The number of benzene rings is 3. The summed E-state index contributed by atoms with van der Waals surface area (Å²) < 4.78 is 40.0. The van der Waals surface area contributed by atoms with Crippen molar-refractivity contribution >= 4 is 38.4 Å². The summed E-state index contributed by atoms with van der Waals surface area (Å²) in [6.07, 6.45) is 3.85. The molecule has 0 unspecified atom stereocenters. The summed E-state index contributed by atoms with van der Waals surface area (Å²) in [7, 11) is -3.65. The number of aromatic nitrogens is 2. The predicted octanol–water partition coefficient (Wildman–Crippen LogP) is 5.83. The first-order valence-corrected chi connectivity index (χ1v) is 14.2. The van der Waals surface area contributed by atoms with Crippen LogP contribution in [0, 0.1) is 11.8 Å². The van der Waals surface area contributed by atoms with E-state index in [1.165, 1.54) is 24.3 Å². The van der Waals surface area contributed by atoms with Gasteiger partial charge < -0.3 is 10.6 Å². The molecule has 4 aromatic rings. The van der Waals surface area contributed by atoms with Crippen LogP contribution in [0.15, 0.2) is 83.8 Å². The molecule has 0 radical (unpaired) electrons. The molecule has 1 aliphatic rings. The smallest absolute Gasteiger partial charge is 0.240 e. The molecule has 0 spiro atoms. The summed E-state index contributed by atoms with van der Waals surface area (Å²) in [5, 5.41) is 7.78. The standard InChI is InChI=1S/C28H30FN5O3S/c29-37-23-14-16-24(17-15-23)38(35,36)31-19-21-12-10-20(11-13-21)18-30-28-33-26-9-5-4-8-25(26)27(34-28)32-22-6-2-1-3-7-22/h1-9,14-17,20-21,31H,10-13,18-19H2,(H2,30,32,33,34). The lowest BCUT2D eigenvalue weighted by atomic mass is 9.82. The highest BCUT2D eigenvalue weighted by molar-refractivity contribution is 7.89. The van der Waals surface area contributed by atoms with Gasteiger partial charge in [-0.15, -0.1) is 0 Å². The van der Waals surface area contributed by atoms with Crippen molar-refractivity contribution in [3.05, 3.63) is 78.9 Å². The molecular formula is C28H30FN5O3S. The van der Waals surface area contributed by atoms with Crippen molar-refractivity contribution in [3.8, 4) is 5.75 Å². The van der Waals surface area contributed by atoms with Crippen molar-refractivity contribution in [1.29, 1.82) is 0 Å². The fourth-order valence-electron chi connectivity index (χ4n) is 4.77. The van der Waals surface area contributed by atoms with Crippen LogP contribution >= 0.6 is 0 Å². The predicted molar refractivity (Wildman–Crippen MR) is 147 cm³/mol. The maximum Gasteiger partial charge on any atom is 0.240 e. The fraction of sp³-hybridized carbons (Fsp3) is 0.286. The molecular weight excluding hydrogens is 505 g/mol. The Kier molecular flexibility index (Phi) is 8.00. The van der Waals surface area contributed by atoms with Crippen LogP contribution in [0.5, 0.6) is 5.75 Å². The second-order valence-electron chi connectivity index (χ2n) is 9.57. The maximum atomic E-state index is 12.6. The third kappa shape index (κ3) is 6.38. The van der Waals surface area contributed by atoms with Crippen LogP contribution in [0.4, 0.5) is 22.0 Å². The van der Waals surface area contributed by atoms with Gasteiger partial charge in [-0.1, -0.05) is 30.3 Å². The van der Waals surface area contributed by atoms with Gasteiger partial charge in [0.2, 0.25) is 16.0 Å². The van der Waals surface area contributed by atoms with Crippen LogP contribution in [-0.4, -0.2) is 31.5 Å². The molecule has 3 aromatic carbocycles. The third-order valence-electron chi connectivity index (χ3n) is 6.94. The van der Waals surface area contributed by atoms with E-state index in [0.29, 0.717) is 18.4 Å². The number of nitrogens with zero attached hydrogens (tertiary/aromatic N) is 2. The van der Waals surface area contributed by atoms with E-state index in [-0.39, 0.29) is 16.6 Å². The molecule has 198 valence electrons. The second-order valence-corrected chi connectivity index (χ2v) is 11.3. The number of halogens is 1. The summed E-state index contributed by atoms with van der Waals surface area (Å²) in [5.74, 6) is 2.03. The number of anilines is 3. The molecule has 38 heavy (non-hydrogen) atoms. The minimum Gasteiger partial charge on any atom is -0.354 e. The molecule has 1 heterocycles. The minimum absolute atomic E-state index is 0.0337. The fourth-order valence-corrected chi connectivity index (χ4v) is 5.88. The molecule has 0 saturated heterocycles. The summed E-state index contributed by atoms with van der Waals surface area (Å²) in [6, 6.07) is 23.1. The summed E-state index contributed by atoms with van der Waals surface area (Å²) >= 11 is 0. The van der Waals surface area contributed by atoms with Crippen LogP contribution < -0.4 is 20.3 Å². The van der Waals surface area contributed by atoms with Gasteiger partial charge in [0.1, 0.15) is 5.82 Å². The summed E-state index contributed by atoms with van der Waals surface area (Å²) in [6.45, 7) is 1.14. The van der Waals surface area contributed by atoms with E-state index in [1.54, 1.807) is 0 Å². The van der Waals surface area contributed by atoms with Gasteiger partial charge in [0.25, 0.3) is 0 Å². The van der Waals surface area contributed by atoms with E-state index in [1.807, 2.05) is 54.6 Å². The topological polar surface area (TPSA) is 105 Å². The van der Waals surface area contributed by atoms with Gasteiger partial charge in [-0.3, -0.25) is 4.94 Å². The van der Waals surface area contributed by atoms with E-state index < -0.39 is 10.0 Å². The van der Waals surface area contributed by atoms with Gasteiger partial charge >= 0.3 is 0 Å². The van der Waals surface area contributed by atoms with Crippen LogP contribution in [-0.2, 0) is 10.0 Å². The molecule has 1 saturated carbocycles. The van der Waals surface area contributed by atoms with Crippen molar-refractivity contribution < 1.29 is 17.9 Å². The monoisotopic (exact) mass is 535 g/mol. The molecule has 0 amide bonds. The van der Waals surface area contributed by atoms with Gasteiger partial charge in [-0.05, 0) is 86.1 Å². The first-order chi connectivity index (χ1) is 18.5. The number of fused-ring (bicyclic) bond motifs is 1. The summed E-state index contributed by atoms with van der Waals surface area (Å²) in [4.78, 5) is 13.2. The van der Waals surface area contributed by atoms with Crippen LogP contribution in [0.2, 0.25) is 0 Å². The molecule has 3 N–H and O–H groups in total. The Labute approximate surface area is 221 Å². The van der Waals surface area contributed by atoms with E-state index in [0.717, 1.165) is 54.6 Å². The largest absolute Gasteiger partial charge is 0.354 e. The van der Waals surface area contributed by atoms with Crippen molar-refractivity contribution in [2.75, 3.05) is 23.7 Å². The van der Waals surface area contributed by atoms with Gasteiger partial charge in [-0.2, -0.15) is 4.98 Å². The maximum absolute atomic E-state index is 12.6. The zero-order valence-electron chi connectivity index (χ0n) is 20.8. The van der Waals surface area contributed by atoms with E-state index in [2.05, 4.69) is 20.3 Å². The molecule has 10 heteroatoms. The van der Waals surface area contributed by atoms with Crippen molar-refractivity contribution in [2.24, 2.45) is 11.8 Å². The Morgan fingerprint density at radius 3 is 2.18 bits per heavy atom. The third-order valence-corrected chi connectivity index (χ3v) is 8.38. The van der Waals surface area contributed by atoms with Gasteiger partial charge in [0.15, 0.2) is 5.75 Å². The van der Waals surface area contributed by atoms with E-state index >= 15 is 0 Å². The molecule has 0 bridgehead atoms. The number of hydrogen-bond donors (Lipinski definition) is 3. The molecule has 1 aliphatic carbocycles. The Balaban J connectivity index is 1.14. The zero-order chi connectivity index (χ0) is 26.4.